The summed E-state index contributed by atoms with van der Waals surface area (Å²) in [5, 5.41) is 44.8. The topological polar surface area (TPSA) is 160 Å². The fourth-order valence-corrected chi connectivity index (χ4v) is 6.46. The maximum atomic E-state index is 14.3. The molecule has 1 atom stereocenters. The van der Waals surface area contributed by atoms with Gasteiger partial charge in [-0.15, -0.1) is 0 Å². The molecule has 0 aromatic heterocycles. The number of methoxy groups -OCH3 is 3. The first-order valence-electron chi connectivity index (χ1n) is 13.4. The molecule has 4 aromatic rings. The van der Waals surface area contributed by atoms with Gasteiger partial charge in [0.15, 0.2) is 11.6 Å². The summed E-state index contributed by atoms with van der Waals surface area (Å²) in [5.74, 6) is -2.83. The van der Waals surface area contributed by atoms with Gasteiger partial charge in [0.05, 0.1) is 49.0 Å². The first-order chi connectivity index (χ1) is 20.3. The van der Waals surface area contributed by atoms with E-state index in [1.54, 1.807) is 13.0 Å². The summed E-state index contributed by atoms with van der Waals surface area (Å²) in [7, 11) is 4.14. The number of carbonyl (C=O) groups excluding carboxylic acids is 3. The van der Waals surface area contributed by atoms with Crippen molar-refractivity contribution in [2.45, 2.75) is 32.3 Å². The molecule has 0 radical (unpaired) electrons. The van der Waals surface area contributed by atoms with E-state index in [2.05, 4.69) is 0 Å². The van der Waals surface area contributed by atoms with Crippen LogP contribution in [0.4, 0.5) is 0 Å². The molecule has 0 amide bonds. The zero-order valence-electron chi connectivity index (χ0n) is 24.0. The number of aryl methyl sites for hydroxylation is 1. The first kappa shape index (κ1) is 28.0. The van der Waals surface area contributed by atoms with Gasteiger partial charge < -0.3 is 34.6 Å². The maximum Gasteiger partial charge on any atom is 0.201 e. The third-order valence-corrected chi connectivity index (χ3v) is 8.18. The predicted molar refractivity (Wildman–Crippen MR) is 155 cm³/mol. The molecule has 43 heavy (non-hydrogen) atoms. The molecule has 10 heteroatoms. The Morgan fingerprint density at radius 3 is 2.02 bits per heavy atom. The molecular formula is C33H28O10. The molecule has 0 bridgehead atoms. The Bertz CT molecular complexity index is 1950. The second-order valence-electron chi connectivity index (χ2n) is 11.2. The SMILES string of the molecule is COc1cc(OC)c2c(O)c3c(c(-c4c(OC)cc(O)c5c4C(=O)c4cc(C)cc(O)c4C5=O)c2c1)CC(C)(O)CC3=O. The lowest BCUT2D eigenvalue weighted by Gasteiger charge is -2.33. The number of phenols is 3. The fourth-order valence-electron chi connectivity index (χ4n) is 6.46. The highest BCUT2D eigenvalue weighted by molar-refractivity contribution is 6.33. The molecule has 0 saturated carbocycles. The van der Waals surface area contributed by atoms with Gasteiger partial charge in [0.25, 0.3) is 0 Å². The molecule has 2 aliphatic carbocycles. The van der Waals surface area contributed by atoms with Gasteiger partial charge in [0.2, 0.25) is 5.78 Å². The van der Waals surface area contributed by atoms with E-state index in [0.29, 0.717) is 11.3 Å². The minimum absolute atomic E-state index is 0.00799. The fraction of sp³-hybridized carbons (Fsp3) is 0.242. The van der Waals surface area contributed by atoms with Gasteiger partial charge in [-0.2, -0.15) is 0 Å². The minimum atomic E-state index is -1.51. The monoisotopic (exact) mass is 584 g/mol. The smallest absolute Gasteiger partial charge is 0.201 e. The van der Waals surface area contributed by atoms with Crippen molar-refractivity contribution in [2.75, 3.05) is 21.3 Å². The molecule has 220 valence electrons. The second-order valence-corrected chi connectivity index (χ2v) is 11.2. The lowest BCUT2D eigenvalue weighted by molar-refractivity contribution is 0.0410. The molecular weight excluding hydrogens is 556 g/mol. The van der Waals surface area contributed by atoms with Crippen molar-refractivity contribution in [2.24, 2.45) is 0 Å². The van der Waals surface area contributed by atoms with Crippen LogP contribution in [0.5, 0.6) is 34.5 Å². The number of rotatable bonds is 4. The Kier molecular flexibility index (Phi) is 6.17. The highest BCUT2D eigenvalue weighted by atomic mass is 16.5. The number of fused-ring (bicyclic) bond motifs is 4. The first-order valence-corrected chi connectivity index (χ1v) is 13.4. The molecule has 4 N–H and O–H groups in total. The van der Waals surface area contributed by atoms with E-state index < -0.39 is 34.4 Å². The second kappa shape index (κ2) is 9.47. The standard InChI is InChI=1S/C33H28O10/c1-13-6-16-24(18(34)7-13)32(39)27-19(35)10-22(43-5)28(29(27)30(16)37)23-15-8-14(41-3)9-21(42-4)26(15)31(38)25-17(23)11-33(2,40)12-20(25)36/h6-10,34-35,38,40H,11-12H2,1-5H3. The number of aliphatic hydroxyl groups is 1. The van der Waals surface area contributed by atoms with E-state index in [-0.39, 0.29) is 85.4 Å². The van der Waals surface area contributed by atoms with Crippen LogP contribution in [0.2, 0.25) is 0 Å². The van der Waals surface area contributed by atoms with E-state index in [1.165, 1.54) is 52.5 Å². The number of phenolic OH excluding ortho intramolecular Hbond substituents is 3. The number of hydrogen-bond acceptors (Lipinski definition) is 10. The molecule has 0 spiro atoms. The van der Waals surface area contributed by atoms with Crippen LogP contribution in [-0.2, 0) is 6.42 Å². The van der Waals surface area contributed by atoms with E-state index >= 15 is 0 Å². The molecule has 0 fully saturated rings. The molecule has 6 rings (SSSR count). The normalized spacial score (nSPS) is 17.4. The lowest BCUT2D eigenvalue weighted by atomic mass is 9.72. The van der Waals surface area contributed by atoms with Gasteiger partial charge >= 0.3 is 0 Å². The van der Waals surface area contributed by atoms with Gasteiger partial charge in [-0.05, 0) is 48.7 Å². The maximum absolute atomic E-state index is 14.3. The largest absolute Gasteiger partial charge is 0.507 e. The molecule has 2 aliphatic rings. The van der Waals surface area contributed by atoms with E-state index in [4.69, 9.17) is 14.2 Å². The molecule has 0 heterocycles. The van der Waals surface area contributed by atoms with E-state index in [1.807, 2.05) is 0 Å². The van der Waals surface area contributed by atoms with Crippen LogP contribution in [0, 0.1) is 6.92 Å². The Hall–Kier alpha value is -5.09. The van der Waals surface area contributed by atoms with Gasteiger partial charge in [-0.1, -0.05) is 0 Å². The van der Waals surface area contributed by atoms with Gasteiger partial charge in [-0.3, -0.25) is 14.4 Å². The highest BCUT2D eigenvalue weighted by Crippen LogP contribution is 2.54. The van der Waals surface area contributed by atoms with Crippen LogP contribution in [0.15, 0.2) is 30.3 Å². The van der Waals surface area contributed by atoms with Crippen molar-refractivity contribution < 1.29 is 49.0 Å². The highest BCUT2D eigenvalue weighted by Gasteiger charge is 2.43. The van der Waals surface area contributed by atoms with Crippen molar-refractivity contribution in [1.29, 1.82) is 0 Å². The molecule has 0 aliphatic heterocycles. The van der Waals surface area contributed by atoms with Crippen LogP contribution >= 0.6 is 0 Å². The number of aromatic hydroxyl groups is 3. The number of hydrogen-bond donors (Lipinski definition) is 4. The molecule has 4 aromatic carbocycles. The minimum Gasteiger partial charge on any atom is -0.507 e. The average molecular weight is 585 g/mol. The van der Waals surface area contributed by atoms with Crippen molar-refractivity contribution in [1.82, 2.24) is 0 Å². The quantitative estimate of drug-likeness (QED) is 0.235. The lowest BCUT2D eigenvalue weighted by Crippen LogP contribution is -2.36. The van der Waals surface area contributed by atoms with Crippen LogP contribution in [-0.4, -0.2) is 64.7 Å². The summed E-state index contributed by atoms with van der Waals surface area (Å²) in [5.41, 5.74) is -1.45. The summed E-state index contributed by atoms with van der Waals surface area (Å²) in [6.07, 6.45) is -0.380. The summed E-state index contributed by atoms with van der Waals surface area (Å²) in [4.78, 5) is 41.7. The summed E-state index contributed by atoms with van der Waals surface area (Å²) in [6.45, 7) is 3.15. The van der Waals surface area contributed by atoms with Crippen molar-refractivity contribution >= 4 is 28.1 Å². The number of ketones is 3. The van der Waals surface area contributed by atoms with Crippen LogP contribution < -0.4 is 14.2 Å². The summed E-state index contributed by atoms with van der Waals surface area (Å²) in [6, 6.07) is 7.12. The van der Waals surface area contributed by atoms with Crippen molar-refractivity contribution in [3.63, 3.8) is 0 Å². The van der Waals surface area contributed by atoms with E-state index in [0.717, 1.165) is 0 Å². The van der Waals surface area contributed by atoms with Crippen LogP contribution in [0.25, 0.3) is 21.9 Å². The zero-order chi connectivity index (χ0) is 31.1. The summed E-state index contributed by atoms with van der Waals surface area (Å²) >= 11 is 0. The molecule has 10 nitrogen and oxygen atoms in total. The molecule has 0 saturated heterocycles. The van der Waals surface area contributed by atoms with E-state index in [9.17, 15) is 34.8 Å². The Morgan fingerprint density at radius 1 is 0.698 bits per heavy atom. The third-order valence-electron chi connectivity index (χ3n) is 8.18. The Labute approximate surface area is 245 Å². The number of ether oxygens (including phenoxy) is 3. The number of Topliss-reactive ketones (excluding diaryl/α,β-unsaturated/α-hetero) is 1. The van der Waals surface area contributed by atoms with Crippen molar-refractivity contribution in [3.05, 3.63) is 69.3 Å². The predicted octanol–water partition coefficient (Wildman–Crippen LogP) is 4.61. The zero-order valence-corrected chi connectivity index (χ0v) is 24.0. The van der Waals surface area contributed by atoms with Crippen LogP contribution in [0.1, 0.15) is 66.7 Å². The Balaban J connectivity index is 1.87. The number of benzene rings is 4. The summed E-state index contributed by atoms with van der Waals surface area (Å²) < 4.78 is 16.8. The van der Waals surface area contributed by atoms with Gasteiger partial charge in [0, 0.05) is 47.1 Å². The Morgan fingerprint density at radius 2 is 1.37 bits per heavy atom. The average Bonchev–Trinajstić information content (AvgIpc) is 2.94. The number of carbonyl (C=O) groups is 3. The third kappa shape index (κ3) is 3.94. The van der Waals surface area contributed by atoms with Gasteiger partial charge in [0.1, 0.15) is 34.5 Å². The van der Waals surface area contributed by atoms with Crippen molar-refractivity contribution in [3.8, 4) is 45.6 Å². The van der Waals surface area contributed by atoms with Gasteiger partial charge in [-0.25, -0.2) is 0 Å². The van der Waals surface area contributed by atoms with Crippen LogP contribution in [0.3, 0.4) is 0 Å². The molecule has 1 unspecified atom stereocenters.